The van der Waals surface area contributed by atoms with Gasteiger partial charge in [0.1, 0.15) is 5.82 Å². The molecule has 8 heteroatoms. The second kappa shape index (κ2) is 5.01. The van der Waals surface area contributed by atoms with E-state index < -0.39 is 12.1 Å². The molecule has 1 aliphatic heterocycles. The third-order valence-electron chi connectivity index (χ3n) is 1.95. The minimum Gasteiger partial charge on any atom is -0.322 e. The van der Waals surface area contributed by atoms with Crippen LogP contribution in [0.5, 0.6) is 0 Å². The van der Waals surface area contributed by atoms with E-state index in [0.717, 1.165) is 0 Å². The minimum atomic E-state index is -0.449. The van der Waals surface area contributed by atoms with E-state index in [0.29, 0.717) is 3.57 Å². The molecule has 1 amide bonds. The van der Waals surface area contributed by atoms with Gasteiger partial charge in [0.15, 0.2) is 6.29 Å². The molecule has 1 aromatic carbocycles. The van der Waals surface area contributed by atoms with Gasteiger partial charge in [-0.2, -0.15) is 11.1 Å². The number of halogens is 2. The van der Waals surface area contributed by atoms with Crippen molar-refractivity contribution in [1.29, 1.82) is 0 Å². The lowest BCUT2D eigenvalue weighted by Crippen LogP contribution is -2.49. The first-order valence-electron chi connectivity index (χ1n) is 4.44. The molecule has 1 aromatic rings. The summed E-state index contributed by atoms with van der Waals surface area (Å²) in [5.74, 6) is -0.775. The van der Waals surface area contributed by atoms with Crippen molar-refractivity contribution in [2.24, 2.45) is 0 Å². The monoisotopic (exact) mass is 337 g/mol. The number of carbonyl (C=O) groups excluding carboxylic acids is 1. The molecule has 1 aliphatic rings. The fraction of sp³-hybridized carbons (Fsp3) is 0.125. The summed E-state index contributed by atoms with van der Waals surface area (Å²) in [5.41, 5.74) is 10.7. The van der Waals surface area contributed by atoms with Gasteiger partial charge in [0.25, 0.3) is 5.91 Å². The van der Waals surface area contributed by atoms with Crippen molar-refractivity contribution in [3.05, 3.63) is 33.1 Å². The molecule has 86 valence electrons. The molecule has 16 heavy (non-hydrogen) atoms. The van der Waals surface area contributed by atoms with Crippen LogP contribution in [0.25, 0.3) is 0 Å². The molecular weight excluding hydrogens is 328 g/mol. The van der Waals surface area contributed by atoms with Gasteiger partial charge in [-0.3, -0.25) is 4.79 Å². The number of amides is 1. The summed E-state index contributed by atoms with van der Waals surface area (Å²) in [7, 11) is 0. The lowest BCUT2D eigenvalue weighted by Gasteiger charge is -2.11. The van der Waals surface area contributed by atoms with Crippen molar-refractivity contribution in [1.82, 2.24) is 27.2 Å². The van der Waals surface area contributed by atoms with Crippen molar-refractivity contribution >= 4 is 28.5 Å². The van der Waals surface area contributed by atoms with Gasteiger partial charge in [-0.05, 0) is 40.8 Å². The van der Waals surface area contributed by atoms with E-state index in [1.54, 1.807) is 12.1 Å². The zero-order valence-corrected chi connectivity index (χ0v) is 10.1. The Morgan fingerprint density at radius 2 is 2.06 bits per heavy atom. The van der Waals surface area contributed by atoms with E-state index in [1.807, 2.05) is 22.6 Å². The summed E-state index contributed by atoms with van der Waals surface area (Å²) >= 11 is 1.86. The summed E-state index contributed by atoms with van der Waals surface area (Å²) < 4.78 is 13.7. The Morgan fingerprint density at radius 3 is 2.69 bits per heavy atom. The summed E-state index contributed by atoms with van der Waals surface area (Å²) in [4.78, 5) is 11.6. The Hall–Kier alpha value is -0.810. The lowest BCUT2D eigenvalue weighted by molar-refractivity contribution is 0.0926. The highest BCUT2D eigenvalue weighted by molar-refractivity contribution is 14.1. The van der Waals surface area contributed by atoms with E-state index >= 15 is 0 Å². The van der Waals surface area contributed by atoms with Crippen molar-refractivity contribution < 1.29 is 9.18 Å². The fourth-order valence-electron chi connectivity index (χ4n) is 1.18. The normalized spacial score (nSPS) is 16.4. The molecule has 1 fully saturated rings. The second-order valence-corrected chi connectivity index (χ2v) is 4.24. The average molecular weight is 337 g/mol. The Kier molecular flexibility index (Phi) is 3.66. The molecule has 1 heterocycles. The van der Waals surface area contributed by atoms with Crippen LogP contribution in [0.15, 0.2) is 18.2 Å². The molecular formula is C8H9FIN5O. The zero-order chi connectivity index (χ0) is 11.5. The maximum absolute atomic E-state index is 13.2. The number of hydrazine groups is 3. The van der Waals surface area contributed by atoms with Crippen LogP contribution in [0.1, 0.15) is 10.4 Å². The van der Waals surface area contributed by atoms with Crippen LogP contribution in [0.2, 0.25) is 0 Å². The third-order valence-corrected chi connectivity index (χ3v) is 2.83. The van der Waals surface area contributed by atoms with Crippen molar-refractivity contribution in [2.45, 2.75) is 6.29 Å². The van der Waals surface area contributed by atoms with Gasteiger partial charge in [-0.15, -0.1) is 0 Å². The SMILES string of the molecule is O=C(NC1NNNN1)c1ccc(I)c(F)c1. The Bertz CT molecular complexity index is 409. The molecule has 5 N–H and O–H groups in total. The quantitative estimate of drug-likeness (QED) is 0.473. The molecule has 2 rings (SSSR count). The molecule has 0 unspecified atom stereocenters. The van der Waals surface area contributed by atoms with Gasteiger partial charge in [0.05, 0.1) is 0 Å². The molecule has 6 nitrogen and oxygen atoms in total. The standard InChI is InChI=1S/C8H9FIN5O/c9-5-3-4(1-2-6(5)10)7(16)11-8-12-14-15-13-8/h1-3,8,12-15H,(H,11,16). The topological polar surface area (TPSA) is 77.2 Å². The highest BCUT2D eigenvalue weighted by Gasteiger charge is 2.16. The highest BCUT2D eigenvalue weighted by Crippen LogP contribution is 2.12. The maximum Gasteiger partial charge on any atom is 0.253 e. The Morgan fingerprint density at radius 1 is 1.38 bits per heavy atom. The van der Waals surface area contributed by atoms with E-state index in [4.69, 9.17) is 0 Å². The first-order chi connectivity index (χ1) is 7.66. The van der Waals surface area contributed by atoms with E-state index in [2.05, 4.69) is 27.2 Å². The molecule has 0 atom stereocenters. The lowest BCUT2D eigenvalue weighted by atomic mass is 10.2. The van der Waals surface area contributed by atoms with Crippen LogP contribution >= 0.6 is 22.6 Å². The summed E-state index contributed by atoms with van der Waals surface area (Å²) in [6.07, 6.45) is -0.449. The first kappa shape index (κ1) is 11.7. The number of nitrogens with one attached hydrogen (secondary N) is 5. The maximum atomic E-state index is 13.2. The first-order valence-corrected chi connectivity index (χ1v) is 5.51. The molecule has 0 aromatic heterocycles. The van der Waals surface area contributed by atoms with Gasteiger partial charge >= 0.3 is 0 Å². The van der Waals surface area contributed by atoms with E-state index in [-0.39, 0.29) is 11.5 Å². The van der Waals surface area contributed by atoms with Crippen LogP contribution in [0, 0.1) is 9.39 Å². The molecule has 0 radical (unpaired) electrons. The molecule has 0 aliphatic carbocycles. The Labute approximate surface area is 104 Å². The minimum absolute atomic E-state index is 0.272. The van der Waals surface area contributed by atoms with Gasteiger partial charge in [-0.1, -0.05) is 0 Å². The summed E-state index contributed by atoms with van der Waals surface area (Å²) in [5, 5.41) is 2.59. The van der Waals surface area contributed by atoms with E-state index in [9.17, 15) is 9.18 Å². The van der Waals surface area contributed by atoms with Crippen molar-refractivity contribution in [3.63, 3.8) is 0 Å². The van der Waals surface area contributed by atoms with Crippen LogP contribution in [0.4, 0.5) is 4.39 Å². The highest BCUT2D eigenvalue weighted by atomic mass is 127. The fourth-order valence-corrected chi connectivity index (χ4v) is 1.51. The number of benzene rings is 1. The van der Waals surface area contributed by atoms with Gasteiger partial charge in [0.2, 0.25) is 0 Å². The number of carbonyl (C=O) groups is 1. The van der Waals surface area contributed by atoms with Crippen LogP contribution in [-0.4, -0.2) is 12.2 Å². The molecule has 0 spiro atoms. The summed E-state index contributed by atoms with van der Waals surface area (Å²) in [6.45, 7) is 0. The predicted molar refractivity (Wildman–Crippen MR) is 62.9 cm³/mol. The third kappa shape index (κ3) is 2.65. The van der Waals surface area contributed by atoms with E-state index in [1.165, 1.54) is 6.07 Å². The van der Waals surface area contributed by atoms with Crippen LogP contribution in [0.3, 0.4) is 0 Å². The number of rotatable bonds is 2. The van der Waals surface area contributed by atoms with Crippen LogP contribution < -0.4 is 27.2 Å². The largest absolute Gasteiger partial charge is 0.322 e. The van der Waals surface area contributed by atoms with Crippen molar-refractivity contribution in [2.75, 3.05) is 0 Å². The molecule has 1 saturated heterocycles. The van der Waals surface area contributed by atoms with Crippen LogP contribution in [-0.2, 0) is 0 Å². The zero-order valence-electron chi connectivity index (χ0n) is 7.97. The second-order valence-electron chi connectivity index (χ2n) is 3.07. The average Bonchev–Trinajstić information content (AvgIpc) is 2.74. The van der Waals surface area contributed by atoms with Gasteiger partial charge < -0.3 is 5.32 Å². The molecule has 0 saturated carbocycles. The predicted octanol–water partition coefficient (Wildman–Crippen LogP) is -0.439. The number of hydrogen-bond acceptors (Lipinski definition) is 5. The van der Waals surface area contributed by atoms with Gasteiger partial charge in [0, 0.05) is 9.13 Å². The smallest absolute Gasteiger partial charge is 0.253 e. The summed E-state index contributed by atoms with van der Waals surface area (Å²) in [6, 6.07) is 4.32. The molecule has 0 bridgehead atoms. The van der Waals surface area contributed by atoms with Crippen molar-refractivity contribution in [3.8, 4) is 0 Å². The number of hydrogen-bond donors (Lipinski definition) is 5. The Balaban J connectivity index is 2.05. The van der Waals surface area contributed by atoms with Gasteiger partial charge in [-0.25, -0.2) is 15.2 Å².